The third kappa shape index (κ3) is 6.56. The maximum Gasteiger partial charge on any atom is 0.229 e. The van der Waals surface area contributed by atoms with Crippen LogP contribution in [0.1, 0.15) is 24.0 Å². The molecular formula is C27H28FN3O4. The summed E-state index contributed by atoms with van der Waals surface area (Å²) in [7, 11) is 1.56. The van der Waals surface area contributed by atoms with E-state index in [1.807, 2.05) is 12.1 Å². The summed E-state index contributed by atoms with van der Waals surface area (Å²) >= 11 is 0. The molecule has 3 aromatic rings. The molecule has 1 aromatic heterocycles. The molecule has 1 N–H and O–H groups in total. The lowest BCUT2D eigenvalue weighted by Crippen LogP contribution is -2.44. The first kappa shape index (κ1) is 24.2. The van der Waals surface area contributed by atoms with E-state index in [1.165, 1.54) is 12.1 Å². The number of aromatic nitrogens is 1. The van der Waals surface area contributed by atoms with Gasteiger partial charge in [-0.05, 0) is 48.7 Å². The van der Waals surface area contributed by atoms with Crippen molar-refractivity contribution < 1.29 is 23.5 Å². The van der Waals surface area contributed by atoms with Crippen LogP contribution in [-0.2, 0) is 22.6 Å². The summed E-state index contributed by atoms with van der Waals surface area (Å²) in [6.07, 6.45) is 5.06. The number of rotatable bonds is 8. The zero-order chi connectivity index (χ0) is 24.6. The van der Waals surface area contributed by atoms with E-state index < -0.39 is 0 Å². The van der Waals surface area contributed by atoms with Crippen molar-refractivity contribution in [1.29, 1.82) is 0 Å². The molecule has 0 radical (unpaired) electrons. The fraction of sp³-hybridized carbons (Fsp3) is 0.296. The Morgan fingerprint density at radius 2 is 1.94 bits per heavy atom. The number of benzene rings is 2. The van der Waals surface area contributed by atoms with E-state index in [-0.39, 0.29) is 30.0 Å². The van der Waals surface area contributed by atoms with Crippen LogP contribution in [0.3, 0.4) is 0 Å². The number of piperidine rings is 1. The largest absolute Gasteiger partial charge is 0.493 e. The molecule has 0 bridgehead atoms. The normalized spacial score (nSPS) is 15.4. The van der Waals surface area contributed by atoms with Crippen LogP contribution in [0.2, 0.25) is 0 Å². The standard InChI is InChI=1S/C27H28FN3O4/c1-34-24-11-10-23(15-25(24)35-18-20-4-2-12-29-16-20)30-27(33)21-5-3-13-31(17-21)26(32)14-19-6-8-22(28)9-7-19/h2,4,6-12,15-16,21H,3,5,13-14,17-18H2,1H3,(H,30,33). The maximum absolute atomic E-state index is 13.1. The van der Waals surface area contributed by atoms with Crippen LogP contribution in [0.5, 0.6) is 11.5 Å². The lowest BCUT2D eigenvalue weighted by Gasteiger charge is -2.32. The van der Waals surface area contributed by atoms with Crippen LogP contribution in [0, 0.1) is 11.7 Å². The topological polar surface area (TPSA) is 80.8 Å². The molecule has 4 rings (SSSR count). The van der Waals surface area contributed by atoms with E-state index in [2.05, 4.69) is 10.3 Å². The van der Waals surface area contributed by atoms with Gasteiger partial charge in [0.25, 0.3) is 0 Å². The number of ether oxygens (including phenoxy) is 2. The van der Waals surface area contributed by atoms with Crippen LogP contribution < -0.4 is 14.8 Å². The number of hydrogen-bond donors (Lipinski definition) is 1. The molecule has 8 heteroatoms. The van der Waals surface area contributed by atoms with E-state index in [4.69, 9.17) is 9.47 Å². The minimum absolute atomic E-state index is 0.0651. The van der Waals surface area contributed by atoms with Gasteiger partial charge in [0.2, 0.25) is 11.8 Å². The van der Waals surface area contributed by atoms with Gasteiger partial charge >= 0.3 is 0 Å². The molecule has 2 amide bonds. The van der Waals surface area contributed by atoms with Crippen molar-refractivity contribution in [2.24, 2.45) is 5.92 Å². The number of hydrogen-bond acceptors (Lipinski definition) is 5. The Bertz CT molecular complexity index is 1150. The van der Waals surface area contributed by atoms with Gasteiger partial charge in [0, 0.05) is 42.8 Å². The molecule has 35 heavy (non-hydrogen) atoms. The molecule has 182 valence electrons. The molecule has 0 aliphatic carbocycles. The minimum Gasteiger partial charge on any atom is -0.493 e. The fourth-order valence-corrected chi connectivity index (χ4v) is 4.06. The summed E-state index contributed by atoms with van der Waals surface area (Å²) in [4.78, 5) is 31.6. The Hall–Kier alpha value is -3.94. The Balaban J connectivity index is 1.36. The fourth-order valence-electron chi connectivity index (χ4n) is 4.06. The molecule has 2 aromatic carbocycles. The average molecular weight is 478 g/mol. The lowest BCUT2D eigenvalue weighted by atomic mass is 9.96. The van der Waals surface area contributed by atoms with Crippen LogP contribution in [-0.4, -0.2) is 41.9 Å². The van der Waals surface area contributed by atoms with Gasteiger partial charge in [-0.25, -0.2) is 4.39 Å². The Morgan fingerprint density at radius 3 is 2.69 bits per heavy atom. The number of likely N-dealkylation sites (tertiary alicyclic amines) is 1. The molecule has 0 spiro atoms. The van der Waals surface area contributed by atoms with Gasteiger partial charge in [0.1, 0.15) is 12.4 Å². The van der Waals surface area contributed by atoms with Crippen LogP contribution in [0.15, 0.2) is 67.0 Å². The predicted molar refractivity (Wildman–Crippen MR) is 130 cm³/mol. The molecule has 0 saturated carbocycles. The first-order valence-corrected chi connectivity index (χ1v) is 11.5. The van der Waals surface area contributed by atoms with Crippen molar-refractivity contribution in [2.45, 2.75) is 25.9 Å². The van der Waals surface area contributed by atoms with Gasteiger partial charge < -0.3 is 19.7 Å². The summed E-state index contributed by atoms with van der Waals surface area (Å²) in [5.41, 5.74) is 2.25. The Kier molecular flexibility index (Phi) is 7.92. The lowest BCUT2D eigenvalue weighted by molar-refractivity contribution is -0.133. The van der Waals surface area contributed by atoms with Crippen molar-refractivity contribution >= 4 is 17.5 Å². The molecule has 1 atom stereocenters. The monoisotopic (exact) mass is 477 g/mol. The van der Waals surface area contributed by atoms with Gasteiger partial charge in [-0.15, -0.1) is 0 Å². The molecule has 1 unspecified atom stereocenters. The Labute approximate surface area is 203 Å². The second kappa shape index (κ2) is 11.5. The highest BCUT2D eigenvalue weighted by molar-refractivity contribution is 5.93. The van der Waals surface area contributed by atoms with Crippen molar-refractivity contribution in [2.75, 3.05) is 25.5 Å². The van der Waals surface area contributed by atoms with E-state index in [0.717, 1.165) is 17.5 Å². The third-order valence-electron chi connectivity index (χ3n) is 5.96. The van der Waals surface area contributed by atoms with E-state index in [9.17, 15) is 14.0 Å². The highest BCUT2D eigenvalue weighted by Crippen LogP contribution is 2.31. The molecule has 1 saturated heterocycles. The van der Waals surface area contributed by atoms with Gasteiger partial charge in [-0.3, -0.25) is 14.6 Å². The quantitative estimate of drug-likeness (QED) is 0.525. The number of nitrogens with zero attached hydrogens (tertiary/aromatic N) is 2. The minimum atomic E-state index is -0.333. The van der Waals surface area contributed by atoms with Gasteiger partial charge in [-0.2, -0.15) is 0 Å². The smallest absolute Gasteiger partial charge is 0.229 e. The summed E-state index contributed by atoms with van der Waals surface area (Å²) in [6, 6.07) is 14.9. The first-order chi connectivity index (χ1) is 17.0. The van der Waals surface area contributed by atoms with Crippen LogP contribution in [0.25, 0.3) is 0 Å². The number of anilines is 1. The SMILES string of the molecule is COc1ccc(NC(=O)C2CCCN(C(=O)Cc3ccc(F)cc3)C2)cc1OCc1cccnc1. The van der Waals surface area contributed by atoms with E-state index >= 15 is 0 Å². The zero-order valence-corrected chi connectivity index (χ0v) is 19.6. The molecule has 1 aliphatic rings. The zero-order valence-electron chi connectivity index (χ0n) is 19.6. The number of carbonyl (C=O) groups excluding carboxylic acids is 2. The molecular weight excluding hydrogens is 449 g/mol. The number of pyridine rings is 1. The first-order valence-electron chi connectivity index (χ1n) is 11.5. The molecule has 1 fully saturated rings. The number of halogens is 1. The number of amides is 2. The summed E-state index contributed by atoms with van der Waals surface area (Å²) in [6.45, 7) is 1.28. The molecule has 1 aliphatic heterocycles. The number of methoxy groups -OCH3 is 1. The highest BCUT2D eigenvalue weighted by atomic mass is 19.1. The predicted octanol–water partition coefficient (Wildman–Crippen LogP) is 4.23. The van der Waals surface area contributed by atoms with Crippen LogP contribution >= 0.6 is 0 Å². The maximum atomic E-state index is 13.1. The van der Waals surface area contributed by atoms with E-state index in [1.54, 1.807) is 54.7 Å². The summed E-state index contributed by atoms with van der Waals surface area (Å²) in [5.74, 6) is 0.205. The summed E-state index contributed by atoms with van der Waals surface area (Å²) in [5, 5.41) is 2.95. The van der Waals surface area contributed by atoms with E-state index in [0.29, 0.717) is 43.3 Å². The summed E-state index contributed by atoms with van der Waals surface area (Å²) < 4.78 is 24.4. The van der Waals surface area contributed by atoms with Crippen molar-refractivity contribution in [1.82, 2.24) is 9.88 Å². The number of nitrogens with one attached hydrogen (secondary N) is 1. The Morgan fingerprint density at radius 1 is 1.11 bits per heavy atom. The number of carbonyl (C=O) groups is 2. The van der Waals surface area contributed by atoms with Crippen LogP contribution in [0.4, 0.5) is 10.1 Å². The van der Waals surface area contributed by atoms with Gasteiger partial charge in [0.15, 0.2) is 11.5 Å². The van der Waals surface area contributed by atoms with Gasteiger partial charge in [-0.1, -0.05) is 18.2 Å². The van der Waals surface area contributed by atoms with Gasteiger partial charge in [0.05, 0.1) is 19.4 Å². The highest BCUT2D eigenvalue weighted by Gasteiger charge is 2.28. The van der Waals surface area contributed by atoms with Crippen molar-refractivity contribution in [3.8, 4) is 11.5 Å². The van der Waals surface area contributed by atoms with Crippen molar-refractivity contribution in [3.05, 3.63) is 83.9 Å². The van der Waals surface area contributed by atoms with Crippen molar-refractivity contribution in [3.63, 3.8) is 0 Å². The molecule has 7 nitrogen and oxygen atoms in total. The second-order valence-corrected chi connectivity index (χ2v) is 8.49. The third-order valence-corrected chi connectivity index (χ3v) is 5.96. The second-order valence-electron chi connectivity index (χ2n) is 8.49. The molecule has 2 heterocycles. The average Bonchev–Trinajstić information content (AvgIpc) is 2.89.